The molecule has 0 N–H and O–H groups in total. The monoisotopic (exact) mass is 228 g/mol. The molecule has 56 valence electrons. The molecule has 1 aromatic heterocycles. The van der Waals surface area contributed by atoms with Crippen molar-refractivity contribution in [2.45, 2.75) is 6.42 Å². The molecule has 11 heavy (non-hydrogen) atoms. The smallest absolute Gasteiger partial charge is 0.184 e. The van der Waals surface area contributed by atoms with Crippen molar-refractivity contribution >= 4 is 33.0 Å². The molecule has 0 radical (unpaired) electrons. The molecule has 0 saturated carbocycles. The van der Waals surface area contributed by atoms with Crippen LogP contribution in [0.3, 0.4) is 0 Å². The summed E-state index contributed by atoms with van der Waals surface area (Å²) in [6, 6.07) is 1.78. The van der Waals surface area contributed by atoms with Gasteiger partial charge in [0.15, 0.2) is 5.78 Å². The Morgan fingerprint density at radius 2 is 2.55 bits per heavy atom. The number of rotatable bonds is 2. The molecule has 0 aliphatic heterocycles. The van der Waals surface area contributed by atoms with Crippen LogP contribution in [0.25, 0.3) is 0 Å². The van der Waals surface area contributed by atoms with Crippen LogP contribution in [0, 0.1) is 12.3 Å². The summed E-state index contributed by atoms with van der Waals surface area (Å²) in [7, 11) is 0. The van der Waals surface area contributed by atoms with E-state index in [0.29, 0.717) is 0 Å². The maximum absolute atomic E-state index is 11.1. The summed E-state index contributed by atoms with van der Waals surface area (Å²) in [5.41, 5.74) is 0. The van der Waals surface area contributed by atoms with Crippen molar-refractivity contribution in [1.29, 1.82) is 0 Å². The number of hydrogen-bond donors (Lipinski definition) is 0. The van der Waals surface area contributed by atoms with Gasteiger partial charge in [0, 0.05) is 9.85 Å². The van der Waals surface area contributed by atoms with Gasteiger partial charge in [-0.25, -0.2) is 0 Å². The zero-order valence-electron chi connectivity index (χ0n) is 5.63. The van der Waals surface area contributed by atoms with Gasteiger partial charge in [-0.05, 0) is 22.0 Å². The standard InChI is InChI=1S/C8H5BrOS/c1-2-3-7(10)8-4-6(9)5-11-8/h1,4-5H,3H2. The van der Waals surface area contributed by atoms with Crippen molar-refractivity contribution in [3.63, 3.8) is 0 Å². The second kappa shape index (κ2) is 3.70. The highest BCUT2D eigenvalue weighted by Gasteiger charge is 2.05. The molecule has 0 spiro atoms. The number of halogens is 1. The van der Waals surface area contributed by atoms with Gasteiger partial charge in [0.25, 0.3) is 0 Å². The summed E-state index contributed by atoms with van der Waals surface area (Å²) in [5, 5.41) is 1.86. The Bertz CT molecular complexity index is 308. The predicted octanol–water partition coefficient (Wildman–Crippen LogP) is 2.72. The first-order valence-electron chi connectivity index (χ1n) is 2.94. The minimum absolute atomic E-state index is 0.0169. The quantitative estimate of drug-likeness (QED) is 0.562. The fourth-order valence-electron chi connectivity index (χ4n) is 0.639. The minimum Gasteiger partial charge on any atom is -0.292 e. The normalized spacial score (nSPS) is 9.09. The molecule has 0 atom stereocenters. The number of carbonyl (C=O) groups is 1. The lowest BCUT2D eigenvalue weighted by molar-refractivity contribution is 0.100. The van der Waals surface area contributed by atoms with Crippen LogP contribution in [0.1, 0.15) is 16.1 Å². The highest BCUT2D eigenvalue weighted by molar-refractivity contribution is 9.10. The summed E-state index contributed by atoms with van der Waals surface area (Å²) in [6.07, 6.45) is 5.18. The molecule has 0 aliphatic carbocycles. The first-order valence-corrected chi connectivity index (χ1v) is 4.62. The van der Waals surface area contributed by atoms with Crippen molar-refractivity contribution in [3.05, 3.63) is 20.8 Å². The van der Waals surface area contributed by atoms with E-state index in [1.165, 1.54) is 11.3 Å². The summed E-state index contributed by atoms with van der Waals surface area (Å²) in [5.74, 6) is 2.33. The van der Waals surface area contributed by atoms with Crippen LogP contribution in [0.4, 0.5) is 0 Å². The molecule has 3 heteroatoms. The number of ketones is 1. The average Bonchev–Trinajstić information content (AvgIpc) is 2.36. The molecule has 0 aliphatic rings. The van der Waals surface area contributed by atoms with Gasteiger partial charge in [-0.2, -0.15) is 0 Å². The summed E-state index contributed by atoms with van der Waals surface area (Å²) >= 11 is 4.66. The van der Waals surface area contributed by atoms with Crippen LogP contribution in [-0.2, 0) is 0 Å². The highest BCUT2D eigenvalue weighted by atomic mass is 79.9. The number of terminal acetylenes is 1. The Labute approximate surface area is 77.6 Å². The first-order chi connectivity index (χ1) is 5.24. The van der Waals surface area contributed by atoms with Crippen molar-refractivity contribution in [1.82, 2.24) is 0 Å². The lowest BCUT2D eigenvalue weighted by atomic mass is 10.2. The van der Waals surface area contributed by atoms with Gasteiger partial charge in [-0.3, -0.25) is 4.79 Å². The van der Waals surface area contributed by atoms with E-state index in [-0.39, 0.29) is 12.2 Å². The Morgan fingerprint density at radius 1 is 1.82 bits per heavy atom. The van der Waals surface area contributed by atoms with Gasteiger partial charge in [-0.15, -0.1) is 17.8 Å². The van der Waals surface area contributed by atoms with Gasteiger partial charge in [-0.1, -0.05) is 5.92 Å². The summed E-state index contributed by atoms with van der Waals surface area (Å²) in [6.45, 7) is 0. The topological polar surface area (TPSA) is 17.1 Å². The molecule has 1 rings (SSSR count). The van der Waals surface area contributed by atoms with Crippen LogP contribution in [0.5, 0.6) is 0 Å². The van der Waals surface area contributed by atoms with E-state index in [9.17, 15) is 4.79 Å². The number of Topliss-reactive ketones (excluding diaryl/α,β-unsaturated/α-hetero) is 1. The molecular formula is C8H5BrOS. The van der Waals surface area contributed by atoms with Crippen LogP contribution in [0.2, 0.25) is 0 Å². The van der Waals surface area contributed by atoms with Crippen LogP contribution < -0.4 is 0 Å². The molecule has 1 heterocycles. The molecule has 1 aromatic rings. The summed E-state index contributed by atoms with van der Waals surface area (Å²) in [4.78, 5) is 11.8. The molecule has 0 bridgehead atoms. The third-order valence-electron chi connectivity index (χ3n) is 1.10. The fourth-order valence-corrected chi connectivity index (χ4v) is 2.01. The lowest BCUT2D eigenvalue weighted by Crippen LogP contribution is -1.92. The average molecular weight is 229 g/mol. The highest BCUT2D eigenvalue weighted by Crippen LogP contribution is 2.20. The van der Waals surface area contributed by atoms with Gasteiger partial charge in [0.2, 0.25) is 0 Å². The zero-order valence-corrected chi connectivity index (χ0v) is 8.04. The molecule has 0 saturated heterocycles. The fraction of sp³-hybridized carbons (Fsp3) is 0.125. The van der Waals surface area contributed by atoms with E-state index >= 15 is 0 Å². The van der Waals surface area contributed by atoms with Gasteiger partial charge >= 0.3 is 0 Å². The zero-order chi connectivity index (χ0) is 8.27. The Morgan fingerprint density at radius 3 is 3.00 bits per heavy atom. The van der Waals surface area contributed by atoms with Crippen LogP contribution in [0.15, 0.2) is 15.9 Å². The largest absolute Gasteiger partial charge is 0.292 e. The molecule has 0 amide bonds. The number of carbonyl (C=O) groups excluding carboxylic acids is 1. The van der Waals surface area contributed by atoms with E-state index in [0.717, 1.165) is 9.35 Å². The Balaban J connectivity index is 2.78. The van der Waals surface area contributed by atoms with E-state index < -0.39 is 0 Å². The Kier molecular flexibility index (Phi) is 2.86. The molecule has 0 aromatic carbocycles. The molecule has 0 fully saturated rings. The first kappa shape index (κ1) is 8.51. The van der Waals surface area contributed by atoms with E-state index in [1.54, 1.807) is 6.07 Å². The molecule has 1 nitrogen and oxygen atoms in total. The van der Waals surface area contributed by atoms with E-state index in [4.69, 9.17) is 6.42 Å². The van der Waals surface area contributed by atoms with Crippen LogP contribution in [-0.4, -0.2) is 5.78 Å². The second-order valence-corrected chi connectivity index (χ2v) is 3.76. The number of hydrogen-bond acceptors (Lipinski definition) is 2. The van der Waals surface area contributed by atoms with Gasteiger partial charge in [0.05, 0.1) is 11.3 Å². The van der Waals surface area contributed by atoms with E-state index in [1.807, 2.05) is 5.38 Å². The number of thiophene rings is 1. The third-order valence-corrected chi connectivity index (χ3v) is 2.84. The molecule has 0 unspecified atom stereocenters. The third kappa shape index (κ3) is 2.18. The van der Waals surface area contributed by atoms with Gasteiger partial charge in [0.1, 0.15) is 0 Å². The van der Waals surface area contributed by atoms with Crippen LogP contribution >= 0.6 is 27.3 Å². The Hall–Kier alpha value is -0.590. The second-order valence-electron chi connectivity index (χ2n) is 1.93. The predicted molar refractivity (Wildman–Crippen MR) is 49.8 cm³/mol. The van der Waals surface area contributed by atoms with E-state index in [2.05, 4.69) is 21.9 Å². The van der Waals surface area contributed by atoms with Crippen molar-refractivity contribution < 1.29 is 4.79 Å². The van der Waals surface area contributed by atoms with Gasteiger partial charge < -0.3 is 0 Å². The van der Waals surface area contributed by atoms with Crippen molar-refractivity contribution in [3.8, 4) is 12.3 Å². The summed E-state index contributed by atoms with van der Waals surface area (Å²) < 4.78 is 0.933. The molecular weight excluding hydrogens is 224 g/mol. The maximum atomic E-state index is 11.1. The lowest BCUT2D eigenvalue weighted by Gasteiger charge is -1.86. The maximum Gasteiger partial charge on any atom is 0.184 e. The minimum atomic E-state index is 0.0169. The van der Waals surface area contributed by atoms with Crippen molar-refractivity contribution in [2.24, 2.45) is 0 Å². The SMILES string of the molecule is C#CCC(=O)c1cc(Br)cs1. The van der Waals surface area contributed by atoms with Crippen molar-refractivity contribution in [2.75, 3.05) is 0 Å².